The standard InChI is InChI=1S/C44H70NO10P/c1-3-5-7-9-11-13-15-17-19-20-22-23-25-27-29-31-33-35-42(46)52-37-40(38-53-56(50,51)54-39-41(45)44(48)49)55-43(47)36-34-32-30-28-26-24-21-18-16-14-12-10-8-6-4-2/h6,8,11-14,17-19,21-23,26-29,40-41H,3-5,7,9-10,15-16,20,24-25,30-39,45H2,1-2H3,(H,48,49)(H,50,51)/b8-6+,13-11+,14-12+,19-17+,21-18+,23-22+,28-26+,29-27+/t40-,41+/m1/s1. The molecule has 56 heavy (non-hydrogen) atoms. The van der Waals surface area contributed by atoms with E-state index in [1.807, 2.05) is 12.2 Å². The first kappa shape index (κ1) is 52.4. The Morgan fingerprint density at radius 2 is 1.00 bits per heavy atom. The highest BCUT2D eigenvalue weighted by molar-refractivity contribution is 7.47. The quantitative estimate of drug-likeness (QED) is 0.0238. The number of carbonyl (C=O) groups excluding carboxylic acids is 2. The van der Waals surface area contributed by atoms with Gasteiger partial charge in [-0.2, -0.15) is 0 Å². The second-order valence-electron chi connectivity index (χ2n) is 13.0. The number of esters is 2. The van der Waals surface area contributed by atoms with E-state index in [2.05, 4.69) is 103 Å². The molecule has 0 bridgehead atoms. The van der Waals surface area contributed by atoms with Crippen LogP contribution in [-0.2, 0) is 37.5 Å². The summed E-state index contributed by atoms with van der Waals surface area (Å²) < 4.78 is 32.5. The van der Waals surface area contributed by atoms with E-state index in [9.17, 15) is 23.8 Å². The summed E-state index contributed by atoms with van der Waals surface area (Å²) in [5.74, 6) is -2.52. The van der Waals surface area contributed by atoms with E-state index in [1.165, 1.54) is 19.3 Å². The van der Waals surface area contributed by atoms with Gasteiger partial charge < -0.3 is 25.2 Å². The minimum Gasteiger partial charge on any atom is -0.480 e. The first-order valence-electron chi connectivity index (χ1n) is 20.3. The molecule has 0 aliphatic carbocycles. The Hall–Kier alpha value is -3.60. The second-order valence-corrected chi connectivity index (χ2v) is 14.5. The molecule has 0 aliphatic rings. The molecule has 0 aromatic heterocycles. The van der Waals surface area contributed by atoms with Crippen molar-refractivity contribution in [1.29, 1.82) is 0 Å². The van der Waals surface area contributed by atoms with Crippen LogP contribution in [0.15, 0.2) is 97.2 Å². The van der Waals surface area contributed by atoms with Crippen molar-refractivity contribution >= 4 is 25.7 Å². The minimum atomic E-state index is -4.74. The summed E-state index contributed by atoms with van der Waals surface area (Å²) in [6.45, 7) is 2.53. The minimum absolute atomic E-state index is 0.0911. The van der Waals surface area contributed by atoms with Crippen LogP contribution in [0.4, 0.5) is 0 Å². The number of hydrogen-bond donors (Lipinski definition) is 3. The monoisotopic (exact) mass is 803 g/mol. The predicted molar refractivity (Wildman–Crippen MR) is 226 cm³/mol. The number of phosphoric acid groups is 1. The van der Waals surface area contributed by atoms with Gasteiger partial charge >= 0.3 is 25.7 Å². The van der Waals surface area contributed by atoms with E-state index in [1.54, 1.807) is 0 Å². The van der Waals surface area contributed by atoms with Crippen LogP contribution in [0.5, 0.6) is 0 Å². The molecule has 3 atom stereocenters. The number of phosphoric ester groups is 1. The number of aliphatic carboxylic acids is 1. The number of carbonyl (C=O) groups is 3. The average Bonchev–Trinajstić information content (AvgIpc) is 3.17. The van der Waals surface area contributed by atoms with E-state index in [-0.39, 0.29) is 12.8 Å². The molecule has 4 N–H and O–H groups in total. The molecular formula is C44H70NO10P. The Bertz CT molecular complexity index is 1310. The van der Waals surface area contributed by atoms with Crippen molar-refractivity contribution in [3.05, 3.63) is 97.2 Å². The lowest BCUT2D eigenvalue weighted by Crippen LogP contribution is -2.34. The molecule has 0 rings (SSSR count). The SMILES string of the molecule is CC/C=C/C/C=C/C/C=C/C/C=C/CCCCC(=O)O[C@H](COC(=O)CCC/C=C/C/C=C/C/C=C/C/C=C/CCCCC)COP(=O)(O)OC[C@H](N)C(=O)O. The zero-order chi connectivity index (χ0) is 41.4. The maximum Gasteiger partial charge on any atom is 0.472 e. The summed E-state index contributed by atoms with van der Waals surface area (Å²) in [6.07, 6.45) is 47.7. The fraction of sp³-hybridized carbons (Fsp3) is 0.568. The molecule has 0 aromatic rings. The summed E-state index contributed by atoms with van der Waals surface area (Å²) >= 11 is 0. The highest BCUT2D eigenvalue weighted by atomic mass is 31.2. The van der Waals surface area contributed by atoms with Gasteiger partial charge in [-0.05, 0) is 89.9 Å². The van der Waals surface area contributed by atoms with E-state index < -0.39 is 57.7 Å². The molecule has 12 heteroatoms. The highest BCUT2D eigenvalue weighted by Crippen LogP contribution is 2.43. The van der Waals surface area contributed by atoms with Crippen molar-refractivity contribution < 1.29 is 47.5 Å². The first-order chi connectivity index (χ1) is 27.1. The molecule has 1 unspecified atom stereocenters. The number of carboxylic acids is 1. The van der Waals surface area contributed by atoms with Gasteiger partial charge in [0.05, 0.1) is 13.2 Å². The summed E-state index contributed by atoms with van der Waals surface area (Å²) in [5, 5.41) is 8.87. The number of allylic oxidation sites excluding steroid dienone is 16. The van der Waals surface area contributed by atoms with Crippen LogP contribution in [0.3, 0.4) is 0 Å². The zero-order valence-corrected chi connectivity index (χ0v) is 34.8. The average molecular weight is 804 g/mol. The number of carboxylic acid groups (broad SMARTS) is 1. The summed E-state index contributed by atoms with van der Waals surface area (Å²) in [4.78, 5) is 45.8. The van der Waals surface area contributed by atoms with Crippen LogP contribution in [0.2, 0.25) is 0 Å². The van der Waals surface area contributed by atoms with Gasteiger partial charge in [0, 0.05) is 12.8 Å². The molecule has 0 saturated heterocycles. The lowest BCUT2D eigenvalue weighted by Gasteiger charge is -2.20. The Morgan fingerprint density at radius 1 is 0.571 bits per heavy atom. The van der Waals surface area contributed by atoms with E-state index in [0.717, 1.165) is 64.2 Å². The van der Waals surface area contributed by atoms with Gasteiger partial charge in [-0.25, -0.2) is 4.57 Å². The van der Waals surface area contributed by atoms with Crippen LogP contribution >= 0.6 is 7.82 Å². The van der Waals surface area contributed by atoms with Crippen molar-refractivity contribution in [2.75, 3.05) is 19.8 Å². The number of nitrogens with two attached hydrogens (primary N) is 1. The van der Waals surface area contributed by atoms with Crippen LogP contribution in [0, 0.1) is 0 Å². The van der Waals surface area contributed by atoms with Gasteiger partial charge in [0.15, 0.2) is 6.10 Å². The Labute approximate surface area is 336 Å². The first-order valence-corrected chi connectivity index (χ1v) is 21.8. The van der Waals surface area contributed by atoms with Gasteiger partial charge in [-0.1, -0.05) is 124 Å². The van der Waals surface area contributed by atoms with Gasteiger partial charge in [0.2, 0.25) is 0 Å². The summed E-state index contributed by atoms with van der Waals surface area (Å²) in [7, 11) is -4.74. The van der Waals surface area contributed by atoms with Crippen molar-refractivity contribution in [2.45, 2.75) is 142 Å². The van der Waals surface area contributed by atoms with Crippen LogP contribution in [0.25, 0.3) is 0 Å². The van der Waals surface area contributed by atoms with Gasteiger partial charge in [0.25, 0.3) is 0 Å². The number of rotatable bonds is 36. The van der Waals surface area contributed by atoms with Crippen LogP contribution < -0.4 is 5.73 Å². The largest absolute Gasteiger partial charge is 0.480 e. The maximum atomic E-state index is 12.6. The molecule has 0 saturated carbocycles. The molecule has 0 fully saturated rings. The highest BCUT2D eigenvalue weighted by Gasteiger charge is 2.28. The Morgan fingerprint density at radius 3 is 1.48 bits per heavy atom. The molecule has 0 aromatic carbocycles. The second kappa shape index (κ2) is 38.3. The van der Waals surface area contributed by atoms with Crippen molar-refractivity contribution in [2.24, 2.45) is 5.73 Å². The van der Waals surface area contributed by atoms with E-state index in [4.69, 9.17) is 24.8 Å². The molecule has 0 amide bonds. The third-order valence-electron chi connectivity index (χ3n) is 7.82. The Kier molecular flexibility index (Phi) is 35.8. The molecule has 11 nitrogen and oxygen atoms in total. The normalized spacial score (nSPS) is 14.8. The fourth-order valence-corrected chi connectivity index (χ4v) is 5.41. The van der Waals surface area contributed by atoms with Crippen molar-refractivity contribution in [3.63, 3.8) is 0 Å². The molecule has 316 valence electrons. The van der Waals surface area contributed by atoms with Gasteiger partial charge in [0.1, 0.15) is 12.6 Å². The topological polar surface area (TPSA) is 172 Å². The van der Waals surface area contributed by atoms with Crippen molar-refractivity contribution in [3.8, 4) is 0 Å². The maximum absolute atomic E-state index is 12.6. The zero-order valence-electron chi connectivity index (χ0n) is 33.9. The lowest BCUT2D eigenvalue weighted by atomic mass is 10.2. The van der Waals surface area contributed by atoms with Gasteiger partial charge in [-0.15, -0.1) is 0 Å². The number of ether oxygens (including phenoxy) is 2. The molecule has 0 radical (unpaired) electrons. The molecule has 0 aliphatic heterocycles. The molecular weight excluding hydrogens is 733 g/mol. The smallest absolute Gasteiger partial charge is 0.472 e. The third-order valence-corrected chi connectivity index (χ3v) is 8.77. The predicted octanol–water partition coefficient (Wildman–Crippen LogP) is 10.5. The third kappa shape index (κ3) is 37.3. The summed E-state index contributed by atoms with van der Waals surface area (Å²) in [6, 6.07) is -1.54. The van der Waals surface area contributed by atoms with Crippen molar-refractivity contribution in [1.82, 2.24) is 0 Å². The van der Waals surface area contributed by atoms with Crippen LogP contribution in [0.1, 0.15) is 129 Å². The molecule has 0 heterocycles. The van der Waals surface area contributed by atoms with E-state index in [0.29, 0.717) is 19.3 Å². The van der Waals surface area contributed by atoms with E-state index >= 15 is 0 Å². The Balaban J connectivity index is 4.60. The summed E-state index contributed by atoms with van der Waals surface area (Å²) in [5.41, 5.74) is 5.32. The number of unbranched alkanes of at least 4 members (excludes halogenated alkanes) is 6. The number of hydrogen-bond acceptors (Lipinski definition) is 9. The lowest BCUT2D eigenvalue weighted by molar-refractivity contribution is -0.161. The molecule has 0 spiro atoms. The van der Waals surface area contributed by atoms with Gasteiger partial charge in [-0.3, -0.25) is 23.4 Å². The van der Waals surface area contributed by atoms with Crippen LogP contribution in [-0.4, -0.2) is 59.9 Å². The fourth-order valence-electron chi connectivity index (χ4n) is 4.63.